The molecule has 2 atom stereocenters. The molecule has 0 aliphatic carbocycles. The Hall–Kier alpha value is -3.44. The number of pyridine rings is 1. The van der Waals surface area contributed by atoms with Crippen LogP contribution in [0.5, 0.6) is 0 Å². The summed E-state index contributed by atoms with van der Waals surface area (Å²) in [4.78, 5) is 8.67. The number of hydrogen-bond acceptors (Lipinski definition) is 9. The Balaban J connectivity index is 1.30. The Bertz CT molecular complexity index is 1140. The lowest BCUT2D eigenvalue weighted by molar-refractivity contribution is -0.0147. The highest BCUT2D eigenvalue weighted by molar-refractivity contribution is 5.99. The lowest BCUT2D eigenvalue weighted by atomic mass is 10.1. The number of nitrogens with zero attached hydrogens (tertiary/aromatic N) is 5. The maximum atomic E-state index is 10.4. The van der Waals surface area contributed by atoms with Crippen LogP contribution in [0.4, 0.5) is 11.4 Å². The van der Waals surface area contributed by atoms with Gasteiger partial charge in [0.25, 0.3) is 0 Å². The van der Waals surface area contributed by atoms with Crippen LogP contribution in [0.15, 0.2) is 66.0 Å². The minimum atomic E-state index is -1.01. The summed E-state index contributed by atoms with van der Waals surface area (Å²) in [6.45, 7) is 3.05. The fourth-order valence-electron chi connectivity index (χ4n) is 4.41. The summed E-state index contributed by atoms with van der Waals surface area (Å²) in [5, 5.41) is 30.4. The third-order valence-corrected chi connectivity index (χ3v) is 6.05. The van der Waals surface area contributed by atoms with E-state index in [1.54, 1.807) is 18.3 Å². The molecule has 34 heavy (non-hydrogen) atoms. The Morgan fingerprint density at radius 1 is 1.09 bits per heavy atom. The first kappa shape index (κ1) is 22.4. The van der Waals surface area contributed by atoms with Gasteiger partial charge in [-0.15, -0.1) is 5.10 Å². The number of aliphatic hydroxyl groups is 2. The number of benzene rings is 1. The lowest BCUT2D eigenvalue weighted by Gasteiger charge is -2.43. The van der Waals surface area contributed by atoms with Crippen molar-refractivity contribution in [3.05, 3.63) is 77.9 Å². The lowest BCUT2D eigenvalue weighted by Crippen LogP contribution is -2.49. The van der Waals surface area contributed by atoms with Gasteiger partial charge in [-0.05, 0) is 48.5 Å². The molecule has 5 rings (SSSR count). The smallest absolute Gasteiger partial charge is 0.202 e. The molecule has 1 saturated heterocycles. The number of amidine groups is 1. The van der Waals surface area contributed by atoms with E-state index in [1.165, 1.54) is 0 Å². The molecule has 3 aromatic rings. The van der Waals surface area contributed by atoms with E-state index in [0.717, 1.165) is 49.1 Å². The molecule has 2 aliphatic rings. The van der Waals surface area contributed by atoms with Crippen LogP contribution in [0.2, 0.25) is 0 Å². The van der Waals surface area contributed by atoms with E-state index in [0.29, 0.717) is 11.4 Å². The first-order valence-electron chi connectivity index (χ1n) is 11.3. The van der Waals surface area contributed by atoms with E-state index in [2.05, 4.69) is 38.5 Å². The van der Waals surface area contributed by atoms with Crippen molar-refractivity contribution in [1.82, 2.24) is 19.5 Å². The molecule has 10 heteroatoms. The molecule has 0 radical (unpaired) electrons. The van der Waals surface area contributed by atoms with Crippen LogP contribution in [0, 0.1) is 0 Å². The van der Waals surface area contributed by atoms with Crippen LogP contribution in [0.1, 0.15) is 23.1 Å². The third kappa shape index (κ3) is 4.62. The van der Waals surface area contributed by atoms with Crippen molar-refractivity contribution in [3.8, 4) is 0 Å². The zero-order chi connectivity index (χ0) is 23.5. The summed E-state index contributed by atoms with van der Waals surface area (Å²) in [5.41, 5.74) is 4.06. The van der Waals surface area contributed by atoms with E-state index in [1.807, 2.05) is 41.2 Å². The number of rotatable bonds is 7. The van der Waals surface area contributed by atoms with E-state index >= 15 is 0 Å². The molecule has 178 valence electrons. The van der Waals surface area contributed by atoms with Crippen LogP contribution >= 0.6 is 0 Å². The summed E-state index contributed by atoms with van der Waals surface area (Å²) in [5.74, 6) is 0.874. The summed E-state index contributed by atoms with van der Waals surface area (Å²) >= 11 is 0. The third-order valence-electron chi connectivity index (χ3n) is 6.05. The summed E-state index contributed by atoms with van der Waals surface area (Å²) in [7, 11) is 2.07. The highest BCUT2D eigenvalue weighted by Gasteiger charge is 2.33. The van der Waals surface area contributed by atoms with Gasteiger partial charge >= 0.3 is 0 Å². The minimum Gasteiger partial charge on any atom is -0.390 e. The Labute approximate surface area is 198 Å². The number of ether oxygens (including phenoxy) is 1. The van der Waals surface area contributed by atoms with Gasteiger partial charge in [0.15, 0.2) is 5.84 Å². The van der Waals surface area contributed by atoms with Gasteiger partial charge in [-0.1, -0.05) is 0 Å². The fourth-order valence-corrected chi connectivity index (χ4v) is 4.41. The molecule has 1 fully saturated rings. The molecule has 0 bridgehead atoms. The second-order valence-corrected chi connectivity index (χ2v) is 8.30. The monoisotopic (exact) mass is 463 g/mol. The zero-order valence-corrected chi connectivity index (χ0v) is 19.0. The summed E-state index contributed by atoms with van der Waals surface area (Å²) in [6.07, 6.45) is 2.63. The first-order chi connectivity index (χ1) is 16.6. The first-order valence-corrected chi connectivity index (χ1v) is 11.3. The van der Waals surface area contributed by atoms with E-state index in [4.69, 9.17) is 9.84 Å². The number of fused-ring (bicyclic) bond motifs is 1. The predicted octanol–water partition coefficient (Wildman–Crippen LogP) is 1.66. The number of nitrogens with one attached hydrogen (secondary N) is 2. The molecule has 2 aromatic heterocycles. The second kappa shape index (κ2) is 9.82. The van der Waals surface area contributed by atoms with Gasteiger partial charge in [-0.3, -0.25) is 9.88 Å². The molecule has 1 aromatic carbocycles. The second-order valence-electron chi connectivity index (χ2n) is 8.30. The number of hydrogen-bond donors (Lipinski definition) is 4. The average molecular weight is 464 g/mol. The molecule has 2 unspecified atom stereocenters. The highest BCUT2D eigenvalue weighted by atomic mass is 16.5. The normalized spacial score (nSPS) is 19.3. The average Bonchev–Trinajstić information content (AvgIpc) is 3.33. The Morgan fingerprint density at radius 2 is 1.85 bits per heavy atom. The van der Waals surface area contributed by atoms with Gasteiger partial charge in [-0.25, -0.2) is 4.68 Å². The number of anilines is 2. The van der Waals surface area contributed by atoms with Crippen molar-refractivity contribution in [2.24, 2.45) is 5.10 Å². The van der Waals surface area contributed by atoms with E-state index < -0.39 is 6.35 Å². The summed E-state index contributed by atoms with van der Waals surface area (Å²) < 4.78 is 7.51. The number of aromatic nitrogens is 2. The molecule has 0 amide bonds. The van der Waals surface area contributed by atoms with Crippen molar-refractivity contribution < 1.29 is 14.9 Å². The largest absolute Gasteiger partial charge is 0.390 e. The minimum absolute atomic E-state index is 0.0828. The Kier molecular flexibility index (Phi) is 6.45. The molecule has 4 heterocycles. The topological polar surface area (TPSA) is 110 Å². The van der Waals surface area contributed by atoms with E-state index in [9.17, 15) is 10.2 Å². The van der Waals surface area contributed by atoms with Crippen molar-refractivity contribution in [3.63, 3.8) is 0 Å². The van der Waals surface area contributed by atoms with Crippen LogP contribution in [0.3, 0.4) is 0 Å². The molecule has 0 saturated carbocycles. The van der Waals surface area contributed by atoms with Crippen LogP contribution in [-0.4, -0.2) is 75.2 Å². The predicted molar refractivity (Wildman–Crippen MR) is 129 cm³/mol. The van der Waals surface area contributed by atoms with Crippen molar-refractivity contribution in [2.45, 2.75) is 19.1 Å². The van der Waals surface area contributed by atoms with E-state index in [-0.39, 0.29) is 12.8 Å². The molecule has 4 N–H and O–H groups in total. The van der Waals surface area contributed by atoms with Crippen molar-refractivity contribution in [1.29, 1.82) is 0 Å². The maximum Gasteiger partial charge on any atom is 0.202 e. The molecular formula is C24H29N7O3. The van der Waals surface area contributed by atoms with Gasteiger partial charge in [-0.2, -0.15) is 0 Å². The van der Waals surface area contributed by atoms with Crippen LogP contribution in [-0.2, 0) is 11.3 Å². The van der Waals surface area contributed by atoms with Gasteiger partial charge in [0.2, 0.25) is 6.35 Å². The number of morpholine rings is 1. The van der Waals surface area contributed by atoms with Gasteiger partial charge in [0.1, 0.15) is 6.17 Å². The van der Waals surface area contributed by atoms with Crippen LogP contribution < -0.4 is 10.6 Å². The molecule has 0 spiro atoms. The fraction of sp³-hybridized carbons (Fsp3) is 0.333. The zero-order valence-electron chi connectivity index (χ0n) is 19.0. The van der Waals surface area contributed by atoms with Gasteiger partial charge in [0.05, 0.1) is 31.2 Å². The maximum absolute atomic E-state index is 10.4. The quantitative estimate of drug-likeness (QED) is 0.392. The van der Waals surface area contributed by atoms with Gasteiger partial charge < -0.3 is 30.5 Å². The molecular weight excluding hydrogens is 434 g/mol. The number of aliphatic hydroxyl groups excluding tert-OH is 2. The van der Waals surface area contributed by atoms with Crippen molar-refractivity contribution in [2.75, 3.05) is 44.0 Å². The molecule has 2 aliphatic heterocycles. The summed E-state index contributed by atoms with van der Waals surface area (Å²) in [6, 6.07) is 15.4. The molecule has 10 nitrogen and oxygen atoms in total. The Morgan fingerprint density at radius 3 is 2.62 bits per heavy atom. The van der Waals surface area contributed by atoms with Crippen LogP contribution in [0.25, 0.3) is 0 Å². The highest BCUT2D eigenvalue weighted by Crippen LogP contribution is 2.31. The van der Waals surface area contributed by atoms with Gasteiger partial charge in [0, 0.05) is 49.5 Å². The standard InChI is InChI=1S/C24H29N7O3/c1-29-22(28-31-10-2-3-21(31)23(29)30-11-13-34-14-12-30)17-4-6-18(7-5-17)26-24(33)27-19-8-9-25-20(15-19)16-32/h2-10,15,23-24,26,32-33H,11-14,16H2,1H3,(H,25,27). The SMILES string of the molecule is CN1C(c2ccc(NC(O)Nc3ccnc(CO)c3)cc2)=Nn2cccc2C1N1CCOCC1. The van der Waals surface area contributed by atoms with Crippen molar-refractivity contribution >= 4 is 17.2 Å².